The van der Waals surface area contributed by atoms with Crippen molar-refractivity contribution in [2.75, 3.05) is 31.1 Å². The van der Waals surface area contributed by atoms with Crippen LogP contribution in [0, 0.1) is 0 Å². The van der Waals surface area contributed by atoms with Crippen LogP contribution in [0.2, 0.25) is 0 Å². The number of thiazole rings is 1. The summed E-state index contributed by atoms with van der Waals surface area (Å²) >= 11 is 2.79. The first kappa shape index (κ1) is 24.2. The summed E-state index contributed by atoms with van der Waals surface area (Å²) in [4.78, 5) is 10.6. The molecule has 2 aromatic rings. The molecule has 1 fully saturated rings. The number of piperidine rings is 1. The van der Waals surface area contributed by atoms with Crippen LogP contribution in [0.25, 0.3) is 0 Å². The Balaban J connectivity index is 0.00000300. The molecule has 1 aliphatic heterocycles. The number of halogens is 4. The molecule has 11 heteroatoms. The predicted molar refractivity (Wildman–Crippen MR) is 125 cm³/mol. The number of alkyl halides is 3. The third-order valence-corrected chi connectivity index (χ3v) is 6.27. The van der Waals surface area contributed by atoms with Crippen LogP contribution in [0.15, 0.2) is 27.9 Å². The Morgan fingerprint density at radius 2 is 2.07 bits per heavy atom. The SMILES string of the molecule is CCNC(=NCCc1nc(C(F)(F)F)cs1)NC1CCN(c2cccs2)CC1.I. The van der Waals surface area contributed by atoms with Crippen molar-refractivity contribution in [3.05, 3.63) is 33.6 Å². The summed E-state index contributed by atoms with van der Waals surface area (Å²) in [6, 6.07) is 4.55. The standard InChI is InChI=1S/C18H24F3N5S2.HI/c1-2-22-17(23-8-5-15-25-14(12-28-15)18(19,20)21)24-13-6-9-26(10-7-13)16-4-3-11-27-16;/h3-4,11-13H,2,5-10H2,1H3,(H2,22,23,24);1H. The molecule has 2 aromatic heterocycles. The highest BCUT2D eigenvalue weighted by Gasteiger charge is 2.33. The van der Waals surface area contributed by atoms with Gasteiger partial charge in [-0.2, -0.15) is 13.2 Å². The van der Waals surface area contributed by atoms with Crippen molar-refractivity contribution >= 4 is 57.6 Å². The second-order valence-corrected chi connectivity index (χ2v) is 8.36. The van der Waals surface area contributed by atoms with Crippen molar-refractivity contribution in [2.45, 2.75) is 38.4 Å². The van der Waals surface area contributed by atoms with Crippen LogP contribution in [0.1, 0.15) is 30.5 Å². The van der Waals surface area contributed by atoms with E-state index in [1.165, 1.54) is 5.00 Å². The predicted octanol–water partition coefficient (Wildman–Crippen LogP) is 4.61. The minimum Gasteiger partial charge on any atom is -0.363 e. The number of thiophene rings is 1. The van der Waals surface area contributed by atoms with Gasteiger partial charge < -0.3 is 15.5 Å². The maximum absolute atomic E-state index is 12.6. The van der Waals surface area contributed by atoms with Crippen molar-refractivity contribution in [3.8, 4) is 0 Å². The van der Waals surface area contributed by atoms with Gasteiger partial charge in [0.25, 0.3) is 0 Å². The van der Waals surface area contributed by atoms with Gasteiger partial charge in [-0.05, 0) is 37.3 Å². The van der Waals surface area contributed by atoms with Gasteiger partial charge in [0.15, 0.2) is 11.7 Å². The highest BCUT2D eigenvalue weighted by atomic mass is 127. The number of aromatic nitrogens is 1. The van der Waals surface area contributed by atoms with E-state index in [0.717, 1.165) is 49.2 Å². The van der Waals surface area contributed by atoms with Crippen LogP contribution in [-0.4, -0.2) is 43.2 Å². The van der Waals surface area contributed by atoms with Crippen LogP contribution in [0.5, 0.6) is 0 Å². The Morgan fingerprint density at radius 3 is 2.66 bits per heavy atom. The van der Waals surface area contributed by atoms with Gasteiger partial charge in [-0.25, -0.2) is 4.98 Å². The largest absolute Gasteiger partial charge is 0.434 e. The summed E-state index contributed by atoms with van der Waals surface area (Å²) in [5, 5.41) is 11.6. The molecule has 0 atom stereocenters. The normalized spacial score (nSPS) is 15.9. The molecule has 2 N–H and O–H groups in total. The zero-order valence-electron chi connectivity index (χ0n) is 16.0. The Morgan fingerprint density at radius 1 is 1.31 bits per heavy atom. The summed E-state index contributed by atoms with van der Waals surface area (Å²) in [5.41, 5.74) is -0.820. The molecule has 5 nitrogen and oxygen atoms in total. The fraction of sp³-hybridized carbons (Fsp3) is 0.556. The smallest absolute Gasteiger partial charge is 0.363 e. The van der Waals surface area contributed by atoms with E-state index in [4.69, 9.17) is 0 Å². The molecule has 162 valence electrons. The maximum Gasteiger partial charge on any atom is 0.434 e. The van der Waals surface area contributed by atoms with Gasteiger partial charge in [-0.15, -0.1) is 46.7 Å². The van der Waals surface area contributed by atoms with Gasteiger partial charge in [-0.1, -0.05) is 0 Å². The number of rotatable bonds is 6. The number of nitrogens with zero attached hydrogens (tertiary/aromatic N) is 3. The molecule has 0 aliphatic carbocycles. The molecule has 1 aliphatic rings. The first-order valence-corrected chi connectivity index (χ1v) is 11.1. The first-order chi connectivity index (χ1) is 13.5. The fourth-order valence-corrected chi connectivity index (χ4v) is 4.61. The van der Waals surface area contributed by atoms with E-state index >= 15 is 0 Å². The van der Waals surface area contributed by atoms with E-state index < -0.39 is 11.9 Å². The average molecular weight is 559 g/mol. The zero-order valence-corrected chi connectivity index (χ0v) is 20.0. The van der Waals surface area contributed by atoms with Crippen LogP contribution in [0.4, 0.5) is 18.2 Å². The van der Waals surface area contributed by atoms with Gasteiger partial charge in [0.1, 0.15) is 0 Å². The van der Waals surface area contributed by atoms with Gasteiger partial charge in [-0.3, -0.25) is 4.99 Å². The molecule has 0 spiro atoms. The molecule has 3 heterocycles. The molecule has 0 bridgehead atoms. The number of anilines is 1. The molecule has 0 unspecified atom stereocenters. The number of hydrogen-bond donors (Lipinski definition) is 2. The van der Waals surface area contributed by atoms with E-state index in [-0.39, 0.29) is 24.0 Å². The quantitative estimate of drug-likeness (QED) is 0.309. The van der Waals surface area contributed by atoms with Crippen molar-refractivity contribution in [1.29, 1.82) is 0 Å². The molecule has 0 amide bonds. The van der Waals surface area contributed by atoms with E-state index in [2.05, 4.69) is 43.0 Å². The van der Waals surface area contributed by atoms with Crippen LogP contribution >= 0.6 is 46.7 Å². The molecule has 0 aromatic carbocycles. The minimum absolute atomic E-state index is 0. The molecular formula is C18H25F3IN5S2. The van der Waals surface area contributed by atoms with E-state index in [9.17, 15) is 13.2 Å². The van der Waals surface area contributed by atoms with E-state index in [1.807, 2.05) is 6.92 Å². The average Bonchev–Trinajstić information content (AvgIpc) is 3.34. The molecular weight excluding hydrogens is 534 g/mol. The Labute approximate surface area is 193 Å². The summed E-state index contributed by atoms with van der Waals surface area (Å²) in [5.74, 6) is 0.713. The molecule has 0 saturated carbocycles. The minimum atomic E-state index is -4.38. The number of aliphatic imine (C=N–C) groups is 1. The molecule has 3 rings (SSSR count). The van der Waals surface area contributed by atoms with Crippen LogP contribution in [0.3, 0.4) is 0 Å². The van der Waals surface area contributed by atoms with Crippen LogP contribution < -0.4 is 15.5 Å². The van der Waals surface area contributed by atoms with Gasteiger partial charge in [0, 0.05) is 44.0 Å². The Kier molecular flexibility index (Phi) is 9.47. The first-order valence-electron chi connectivity index (χ1n) is 9.30. The highest BCUT2D eigenvalue weighted by molar-refractivity contribution is 14.0. The van der Waals surface area contributed by atoms with Gasteiger partial charge in [0.2, 0.25) is 0 Å². The molecule has 1 saturated heterocycles. The topological polar surface area (TPSA) is 52.6 Å². The maximum atomic E-state index is 12.6. The highest BCUT2D eigenvalue weighted by Crippen LogP contribution is 2.30. The second-order valence-electron chi connectivity index (χ2n) is 6.49. The number of hydrogen-bond acceptors (Lipinski definition) is 5. The monoisotopic (exact) mass is 559 g/mol. The van der Waals surface area contributed by atoms with Crippen molar-refractivity contribution in [2.24, 2.45) is 4.99 Å². The van der Waals surface area contributed by atoms with Crippen molar-refractivity contribution in [1.82, 2.24) is 15.6 Å². The van der Waals surface area contributed by atoms with E-state index in [1.54, 1.807) is 11.3 Å². The van der Waals surface area contributed by atoms with Crippen molar-refractivity contribution < 1.29 is 13.2 Å². The lowest BCUT2D eigenvalue weighted by atomic mass is 10.1. The number of guanidine groups is 1. The van der Waals surface area contributed by atoms with Gasteiger partial charge in [0.05, 0.1) is 10.0 Å². The molecule has 29 heavy (non-hydrogen) atoms. The van der Waals surface area contributed by atoms with Gasteiger partial charge >= 0.3 is 6.18 Å². The molecule has 0 radical (unpaired) electrons. The third-order valence-electron chi connectivity index (χ3n) is 4.44. The lowest BCUT2D eigenvalue weighted by molar-refractivity contribution is -0.140. The summed E-state index contributed by atoms with van der Waals surface area (Å²) in [6.07, 6.45) is -1.95. The summed E-state index contributed by atoms with van der Waals surface area (Å²) in [6.45, 7) is 5.12. The second kappa shape index (κ2) is 11.3. The number of nitrogens with one attached hydrogen (secondary N) is 2. The zero-order chi connectivity index (χ0) is 20.0. The summed E-state index contributed by atoms with van der Waals surface area (Å²) < 4.78 is 37.9. The third kappa shape index (κ3) is 7.28. The van der Waals surface area contributed by atoms with E-state index in [0.29, 0.717) is 30.0 Å². The van der Waals surface area contributed by atoms with Crippen molar-refractivity contribution in [3.63, 3.8) is 0 Å². The lowest BCUT2D eigenvalue weighted by Crippen LogP contribution is -2.48. The Bertz CT molecular complexity index is 756. The van der Waals surface area contributed by atoms with Crippen LogP contribution in [-0.2, 0) is 12.6 Å². The summed E-state index contributed by atoms with van der Waals surface area (Å²) in [7, 11) is 0. The fourth-order valence-electron chi connectivity index (χ4n) is 3.03. The lowest BCUT2D eigenvalue weighted by Gasteiger charge is -2.33. The Hall–Kier alpha value is -1.08.